The van der Waals surface area contributed by atoms with Gasteiger partial charge in [0.05, 0.1) is 5.70 Å². The number of rotatable bonds is 5. The summed E-state index contributed by atoms with van der Waals surface area (Å²) in [5, 5.41) is 3.41. The third-order valence-electron chi connectivity index (χ3n) is 3.22. The van der Waals surface area contributed by atoms with Gasteiger partial charge in [0, 0.05) is 18.0 Å². The minimum Gasteiger partial charge on any atom is -0.387 e. The van der Waals surface area contributed by atoms with E-state index < -0.39 is 0 Å². The van der Waals surface area contributed by atoms with E-state index in [1.807, 2.05) is 6.20 Å². The van der Waals surface area contributed by atoms with Crippen LogP contribution in [0.2, 0.25) is 0 Å². The number of nitrogens with two attached hydrogens (primary N) is 2. The topological polar surface area (TPSA) is 76.1 Å². The molecule has 0 aromatic heterocycles. The maximum absolute atomic E-state index is 5.75. The van der Waals surface area contributed by atoms with Gasteiger partial charge in [-0.2, -0.15) is 12.6 Å². The van der Waals surface area contributed by atoms with Crippen LogP contribution < -0.4 is 22.3 Å². The highest BCUT2D eigenvalue weighted by molar-refractivity contribution is 7.80. The molecule has 16 heavy (non-hydrogen) atoms. The van der Waals surface area contributed by atoms with Gasteiger partial charge in [0.2, 0.25) is 0 Å². The van der Waals surface area contributed by atoms with Crippen LogP contribution in [0.4, 0.5) is 0 Å². The van der Waals surface area contributed by atoms with E-state index >= 15 is 0 Å². The van der Waals surface area contributed by atoms with E-state index in [-0.39, 0.29) is 0 Å². The summed E-state index contributed by atoms with van der Waals surface area (Å²) in [6.07, 6.45) is 5.55. The molecule has 0 aromatic carbocycles. The number of hydrazine groups is 1. The van der Waals surface area contributed by atoms with Crippen LogP contribution in [-0.4, -0.2) is 18.3 Å². The zero-order valence-electron chi connectivity index (χ0n) is 9.95. The van der Waals surface area contributed by atoms with Crippen LogP contribution in [0.1, 0.15) is 26.2 Å². The zero-order chi connectivity index (χ0) is 12.0. The van der Waals surface area contributed by atoms with Gasteiger partial charge in [-0.15, -0.1) is 0 Å². The lowest BCUT2D eigenvalue weighted by Gasteiger charge is -2.33. The van der Waals surface area contributed by atoms with E-state index in [4.69, 9.17) is 11.6 Å². The molecule has 0 bridgehead atoms. The van der Waals surface area contributed by atoms with E-state index in [2.05, 4.69) is 30.3 Å². The second-order valence-corrected chi connectivity index (χ2v) is 5.07. The number of hydrogen-bond donors (Lipinski definition) is 5. The van der Waals surface area contributed by atoms with Gasteiger partial charge in [-0.25, -0.2) is 0 Å². The van der Waals surface area contributed by atoms with Crippen molar-refractivity contribution >= 4 is 12.6 Å². The smallest absolute Gasteiger partial charge is 0.0512 e. The molecule has 0 saturated heterocycles. The Morgan fingerprint density at radius 2 is 2.19 bits per heavy atom. The van der Waals surface area contributed by atoms with Crippen molar-refractivity contribution in [3.63, 3.8) is 0 Å². The van der Waals surface area contributed by atoms with Crippen molar-refractivity contribution < 1.29 is 0 Å². The molecule has 0 spiro atoms. The highest BCUT2D eigenvalue weighted by atomic mass is 32.1. The summed E-state index contributed by atoms with van der Waals surface area (Å²) in [7, 11) is 0. The first-order valence-corrected chi connectivity index (χ1v) is 6.55. The molecule has 0 amide bonds. The van der Waals surface area contributed by atoms with Crippen molar-refractivity contribution in [1.82, 2.24) is 10.7 Å². The van der Waals surface area contributed by atoms with Crippen molar-refractivity contribution in [2.75, 3.05) is 12.3 Å². The number of hydrogen-bond acceptors (Lipinski definition) is 5. The average molecular weight is 244 g/mol. The summed E-state index contributed by atoms with van der Waals surface area (Å²) in [5.74, 6) is 7.37. The minimum atomic E-state index is 0.514. The third-order valence-corrected chi connectivity index (χ3v) is 3.56. The highest BCUT2D eigenvalue weighted by Gasteiger charge is 2.24. The molecule has 4 nitrogen and oxygen atoms in total. The molecule has 1 aliphatic carbocycles. The van der Waals surface area contributed by atoms with Gasteiger partial charge in [-0.1, -0.05) is 6.92 Å². The van der Waals surface area contributed by atoms with E-state index in [0.29, 0.717) is 17.7 Å². The van der Waals surface area contributed by atoms with Gasteiger partial charge in [0.1, 0.15) is 0 Å². The van der Waals surface area contributed by atoms with Crippen molar-refractivity contribution in [3.05, 3.63) is 11.9 Å². The maximum Gasteiger partial charge on any atom is 0.0512 e. The third kappa shape index (κ3) is 4.23. The number of nitrogens with one attached hydrogen (secondary N) is 2. The molecule has 1 aliphatic rings. The largest absolute Gasteiger partial charge is 0.387 e. The Morgan fingerprint density at radius 1 is 1.44 bits per heavy atom. The van der Waals surface area contributed by atoms with Gasteiger partial charge in [0.25, 0.3) is 0 Å². The zero-order valence-corrected chi connectivity index (χ0v) is 10.8. The second kappa shape index (κ2) is 7.04. The van der Waals surface area contributed by atoms with E-state index in [0.717, 1.165) is 24.6 Å². The molecule has 0 aromatic rings. The highest BCUT2D eigenvalue weighted by Crippen LogP contribution is 2.28. The van der Waals surface area contributed by atoms with Gasteiger partial charge in [0.15, 0.2) is 0 Å². The van der Waals surface area contributed by atoms with Gasteiger partial charge < -0.3 is 16.5 Å². The summed E-state index contributed by atoms with van der Waals surface area (Å²) in [4.78, 5) is 0. The van der Waals surface area contributed by atoms with E-state index in [1.165, 1.54) is 12.8 Å². The Bertz CT molecular complexity index is 226. The monoisotopic (exact) mass is 244 g/mol. The summed E-state index contributed by atoms with van der Waals surface area (Å²) in [6.45, 7) is 3.09. The lowest BCUT2D eigenvalue weighted by atomic mass is 9.79. The fraction of sp³-hybridized carbons (Fsp3) is 0.818. The molecule has 0 radical (unpaired) electrons. The number of thiol groups is 1. The van der Waals surface area contributed by atoms with Gasteiger partial charge in [-0.05, 0) is 37.6 Å². The fourth-order valence-electron chi connectivity index (χ4n) is 2.43. The lowest BCUT2D eigenvalue weighted by molar-refractivity contribution is 0.242. The van der Waals surface area contributed by atoms with E-state index in [9.17, 15) is 0 Å². The van der Waals surface area contributed by atoms with Crippen molar-refractivity contribution in [3.8, 4) is 0 Å². The molecule has 1 rings (SSSR count). The molecule has 0 aliphatic heterocycles. The first-order valence-electron chi connectivity index (χ1n) is 5.92. The lowest BCUT2D eigenvalue weighted by Crippen LogP contribution is -2.37. The Morgan fingerprint density at radius 3 is 2.75 bits per heavy atom. The van der Waals surface area contributed by atoms with E-state index in [1.54, 1.807) is 0 Å². The van der Waals surface area contributed by atoms with Crippen LogP contribution in [0, 0.1) is 11.8 Å². The Hall–Kier alpha value is -0.390. The second-order valence-electron chi connectivity index (χ2n) is 4.75. The summed E-state index contributed by atoms with van der Waals surface area (Å²) in [5.41, 5.74) is 9.28. The van der Waals surface area contributed by atoms with Crippen molar-refractivity contribution in [2.24, 2.45) is 23.4 Å². The quantitative estimate of drug-likeness (QED) is 0.278. The molecular formula is C11H24N4S. The van der Waals surface area contributed by atoms with Gasteiger partial charge >= 0.3 is 0 Å². The summed E-state index contributed by atoms with van der Waals surface area (Å²) < 4.78 is 0. The maximum atomic E-state index is 5.75. The molecule has 1 saturated carbocycles. The predicted octanol–water partition coefficient (Wildman–Crippen LogP) is 0.574. The predicted molar refractivity (Wildman–Crippen MR) is 71.7 cm³/mol. The fourth-order valence-corrected chi connectivity index (χ4v) is 2.61. The van der Waals surface area contributed by atoms with Crippen LogP contribution >= 0.6 is 12.6 Å². The average Bonchev–Trinajstić information content (AvgIpc) is 2.29. The first-order chi connectivity index (χ1) is 7.69. The Kier molecular flexibility index (Phi) is 6.01. The normalized spacial score (nSPS) is 31.2. The molecule has 6 N–H and O–H groups in total. The van der Waals surface area contributed by atoms with Crippen molar-refractivity contribution in [1.29, 1.82) is 0 Å². The molecule has 3 unspecified atom stereocenters. The Labute approximate surface area is 104 Å². The first kappa shape index (κ1) is 13.7. The van der Waals surface area contributed by atoms with Gasteiger partial charge in [-0.3, -0.25) is 5.84 Å². The summed E-state index contributed by atoms with van der Waals surface area (Å²) in [6, 6.07) is 0.514. The standard InChI is InChI=1S/C11H24N4S/c1-8-2-9(5-12)4-10(3-8)14-6-11(7-16)15-13/h6,8-10,14-16H,2-5,7,12-13H2,1H3/b11-6-. The molecule has 94 valence electrons. The SMILES string of the molecule is CC1CC(CN)CC(N/C=C(/CS)NN)C1. The molecule has 3 atom stereocenters. The van der Waals surface area contributed by atoms with Crippen LogP contribution in [-0.2, 0) is 0 Å². The van der Waals surface area contributed by atoms with Crippen LogP contribution in [0.15, 0.2) is 11.9 Å². The van der Waals surface area contributed by atoms with Crippen molar-refractivity contribution in [2.45, 2.75) is 32.2 Å². The van der Waals surface area contributed by atoms with Crippen LogP contribution in [0.3, 0.4) is 0 Å². The Balaban J connectivity index is 2.44. The minimum absolute atomic E-state index is 0.514. The summed E-state index contributed by atoms with van der Waals surface area (Å²) >= 11 is 4.18. The molecule has 1 fully saturated rings. The molecule has 5 heteroatoms. The van der Waals surface area contributed by atoms with Crippen LogP contribution in [0.5, 0.6) is 0 Å². The van der Waals surface area contributed by atoms with Crippen LogP contribution in [0.25, 0.3) is 0 Å². The molecular weight excluding hydrogens is 220 g/mol. The molecule has 0 heterocycles.